The first-order valence-electron chi connectivity index (χ1n) is 6.33. The summed E-state index contributed by atoms with van der Waals surface area (Å²) >= 11 is 3.41. The Bertz CT molecular complexity index is 853. The van der Waals surface area contributed by atoms with E-state index in [0.717, 1.165) is 21.3 Å². The molecule has 21 heavy (non-hydrogen) atoms. The maximum Gasteiger partial charge on any atom is 0.339 e. The van der Waals surface area contributed by atoms with Gasteiger partial charge < -0.3 is 5.11 Å². The number of rotatable bonds is 2. The molecular weight excluding hydrogens is 334 g/mol. The molecule has 1 N–H and O–H groups in total. The fraction of sp³-hybridized carbons (Fsp3) is 0.133. The Morgan fingerprint density at radius 1 is 1.24 bits per heavy atom. The molecule has 3 rings (SSSR count). The number of aryl methyl sites for hydroxylation is 2. The van der Waals surface area contributed by atoms with Gasteiger partial charge in [0.05, 0.1) is 17.0 Å². The molecule has 0 bridgehead atoms. The van der Waals surface area contributed by atoms with Gasteiger partial charge in [-0.2, -0.15) is 5.10 Å². The summed E-state index contributed by atoms with van der Waals surface area (Å²) in [6.45, 7) is 3.63. The molecule has 0 aliphatic carbocycles. The number of carbonyl (C=O) groups is 1. The molecule has 6 heteroatoms. The highest BCUT2D eigenvalue weighted by Crippen LogP contribution is 2.29. The summed E-state index contributed by atoms with van der Waals surface area (Å²) in [4.78, 5) is 15.5. The topological polar surface area (TPSA) is 67.5 Å². The SMILES string of the molecule is Cc1nn2c(C)c(C(=O)O)cnc2c1-c1ccc(Br)cc1. The van der Waals surface area contributed by atoms with Crippen LogP contribution in [0.4, 0.5) is 0 Å². The van der Waals surface area contributed by atoms with E-state index >= 15 is 0 Å². The van der Waals surface area contributed by atoms with Gasteiger partial charge in [-0.1, -0.05) is 28.1 Å². The number of benzene rings is 1. The van der Waals surface area contributed by atoms with Crippen LogP contribution in [0.2, 0.25) is 0 Å². The molecule has 0 saturated heterocycles. The minimum atomic E-state index is -1.000. The Kier molecular flexibility index (Phi) is 3.25. The highest BCUT2D eigenvalue weighted by molar-refractivity contribution is 9.10. The highest BCUT2D eigenvalue weighted by atomic mass is 79.9. The second-order valence-corrected chi connectivity index (χ2v) is 5.68. The lowest BCUT2D eigenvalue weighted by molar-refractivity contribution is 0.0695. The largest absolute Gasteiger partial charge is 0.478 e. The molecule has 0 fully saturated rings. The predicted octanol–water partition coefficient (Wildman–Crippen LogP) is 3.47. The Hall–Kier alpha value is -2.21. The number of nitrogens with zero attached hydrogens (tertiary/aromatic N) is 3. The van der Waals surface area contributed by atoms with Gasteiger partial charge in [0.2, 0.25) is 0 Å². The molecule has 0 amide bonds. The molecule has 1 aromatic carbocycles. The van der Waals surface area contributed by atoms with Crippen molar-refractivity contribution < 1.29 is 9.90 Å². The third-order valence-corrected chi connectivity index (χ3v) is 3.95. The minimum Gasteiger partial charge on any atom is -0.478 e. The van der Waals surface area contributed by atoms with Gasteiger partial charge >= 0.3 is 5.97 Å². The van der Waals surface area contributed by atoms with Gasteiger partial charge in [-0.05, 0) is 31.5 Å². The van der Waals surface area contributed by atoms with Crippen LogP contribution in [0.15, 0.2) is 34.9 Å². The van der Waals surface area contributed by atoms with E-state index in [4.69, 9.17) is 5.11 Å². The molecule has 0 saturated carbocycles. The van der Waals surface area contributed by atoms with Crippen molar-refractivity contribution in [1.82, 2.24) is 14.6 Å². The molecule has 0 unspecified atom stereocenters. The lowest BCUT2D eigenvalue weighted by Gasteiger charge is -2.04. The molecule has 0 aliphatic heterocycles. The minimum absolute atomic E-state index is 0.160. The maximum absolute atomic E-state index is 11.2. The van der Waals surface area contributed by atoms with Crippen molar-refractivity contribution in [2.75, 3.05) is 0 Å². The van der Waals surface area contributed by atoms with Gasteiger partial charge in [0.25, 0.3) is 0 Å². The van der Waals surface area contributed by atoms with Crippen LogP contribution in [-0.2, 0) is 0 Å². The van der Waals surface area contributed by atoms with Crippen molar-refractivity contribution in [3.05, 3.63) is 51.9 Å². The molecule has 2 aromatic heterocycles. The van der Waals surface area contributed by atoms with Crippen molar-refractivity contribution >= 4 is 27.5 Å². The predicted molar refractivity (Wildman–Crippen MR) is 82.6 cm³/mol. The van der Waals surface area contributed by atoms with Crippen LogP contribution in [0.1, 0.15) is 21.7 Å². The number of carboxylic acid groups (broad SMARTS) is 1. The number of carboxylic acids is 1. The Labute approximate surface area is 129 Å². The number of aromatic nitrogens is 3. The normalized spacial score (nSPS) is 11.0. The second-order valence-electron chi connectivity index (χ2n) is 4.77. The summed E-state index contributed by atoms with van der Waals surface area (Å²) in [5, 5.41) is 13.6. The summed E-state index contributed by atoms with van der Waals surface area (Å²) in [5.41, 5.74) is 4.13. The molecule has 106 valence electrons. The summed E-state index contributed by atoms with van der Waals surface area (Å²) in [6, 6.07) is 7.87. The number of hydrogen-bond donors (Lipinski definition) is 1. The van der Waals surface area contributed by atoms with E-state index in [1.165, 1.54) is 6.20 Å². The molecule has 5 nitrogen and oxygen atoms in total. The Morgan fingerprint density at radius 3 is 2.52 bits per heavy atom. The lowest BCUT2D eigenvalue weighted by atomic mass is 10.1. The van der Waals surface area contributed by atoms with Crippen LogP contribution in [0.3, 0.4) is 0 Å². The zero-order chi connectivity index (χ0) is 15.1. The first-order chi connectivity index (χ1) is 9.99. The van der Waals surface area contributed by atoms with Crippen molar-refractivity contribution in [3.63, 3.8) is 0 Å². The highest BCUT2D eigenvalue weighted by Gasteiger charge is 2.18. The van der Waals surface area contributed by atoms with Crippen LogP contribution < -0.4 is 0 Å². The third kappa shape index (κ3) is 2.21. The van der Waals surface area contributed by atoms with E-state index in [2.05, 4.69) is 26.0 Å². The fourth-order valence-electron chi connectivity index (χ4n) is 2.37. The van der Waals surface area contributed by atoms with Gasteiger partial charge in [-0.15, -0.1) is 0 Å². The van der Waals surface area contributed by atoms with E-state index < -0.39 is 5.97 Å². The standard InChI is InChI=1S/C15H12BrN3O2/c1-8-13(10-3-5-11(16)6-4-10)14-17-7-12(15(20)21)9(2)19(14)18-8/h3-7H,1-2H3,(H,20,21). The van der Waals surface area contributed by atoms with E-state index in [1.807, 2.05) is 31.2 Å². The van der Waals surface area contributed by atoms with Gasteiger partial charge in [0, 0.05) is 16.2 Å². The van der Waals surface area contributed by atoms with Crippen LogP contribution in [0.25, 0.3) is 16.8 Å². The van der Waals surface area contributed by atoms with Gasteiger partial charge in [-0.3, -0.25) is 0 Å². The molecule has 0 aliphatic rings. The number of aromatic carboxylic acids is 1. The fourth-order valence-corrected chi connectivity index (χ4v) is 2.63. The van der Waals surface area contributed by atoms with Crippen LogP contribution in [-0.4, -0.2) is 25.7 Å². The van der Waals surface area contributed by atoms with E-state index in [0.29, 0.717) is 11.3 Å². The Morgan fingerprint density at radius 2 is 1.90 bits per heavy atom. The lowest BCUT2D eigenvalue weighted by Crippen LogP contribution is -2.07. The summed E-state index contributed by atoms with van der Waals surface area (Å²) < 4.78 is 2.59. The van der Waals surface area contributed by atoms with Gasteiger partial charge in [0.15, 0.2) is 5.65 Å². The van der Waals surface area contributed by atoms with E-state index in [9.17, 15) is 4.79 Å². The molecular formula is C15H12BrN3O2. The molecule has 0 radical (unpaired) electrons. The first kappa shape index (κ1) is 13.8. The summed E-state index contributed by atoms with van der Waals surface area (Å²) in [5.74, 6) is -1.000. The second kappa shape index (κ2) is 4.96. The number of halogens is 1. The molecule has 3 aromatic rings. The van der Waals surface area contributed by atoms with Crippen LogP contribution in [0.5, 0.6) is 0 Å². The zero-order valence-corrected chi connectivity index (χ0v) is 13.0. The average Bonchev–Trinajstić information content (AvgIpc) is 2.77. The zero-order valence-electron chi connectivity index (χ0n) is 11.5. The molecule has 0 spiro atoms. The van der Waals surface area contributed by atoms with Crippen molar-refractivity contribution in [3.8, 4) is 11.1 Å². The average molecular weight is 346 g/mol. The first-order valence-corrected chi connectivity index (χ1v) is 7.12. The monoisotopic (exact) mass is 345 g/mol. The number of fused-ring (bicyclic) bond motifs is 1. The van der Waals surface area contributed by atoms with E-state index in [-0.39, 0.29) is 5.56 Å². The van der Waals surface area contributed by atoms with Crippen LogP contribution in [0, 0.1) is 13.8 Å². The van der Waals surface area contributed by atoms with Crippen molar-refractivity contribution in [1.29, 1.82) is 0 Å². The third-order valence-electron chi connectivity index (χ3n) is 3.42. The Balaban J connectivity index is 2.30. The van der Waals surface area contributed by atoms with Gasteiger partial charge in [-0.25, -0.2) is 14.3 Å². The molecule has 2 heterocycles. The summed E-state index contributed by atoms with van der Waals surface area (Å²) in [7, 11) is 0. The van der Waals surface area contributed by atoms with Crippen molar-refractivity contribution in [2.24, 2.45) is 0 Å². The summed E-state index contributed by atoms with van der Waals surface area (Å²) in [6.07, 6.45) is 1.39. The van der Waals surface area contributed by atoms with Crippen molar-refractivity contribution in [2.45, 2.75) is 13.8 Å². The van der Waals surface area contributed by atoms with Gasteiger partial charge in [0.1, 0.15) is 0 Å². The smallest absolute Gasteiger partial charge is 0.339 e. The molecule has 0 atom stereocenters. The van der Waals surface area contributed by atoms with E-state index in [1.54, 1.807) is 11.4 Å². The number of hydrogen-bond acceptors (Lipinski definition) is 3. The quantitative estimate of drug-likeness (QED) is 0.772. The van der Waals surface area contributed by atoms with Crippen LogP contribution >= 0.6 is 15.9 Å². The maximum atomic E-state index is 11.2.